The largest absolute Gasteiger partial charge is 0.326 e. The number of hydrogen-bond donors (Lipinski definition) is 1. The molecule has 0 radical (unpaired) electrons. The average molecular weight is 273 g/mol. The molecule has 1 aromatic rings. The first kappa shape index (κ1) is 15.1. The number of nitrogens with one attached hydrogen (secondary N) is 1. The third-order valence-electron chi connectivity index (χ3n) is 4.26. The topological polar surface area (TPSA) is 29.1 Å². The van der Waals surface area contributed by atoms with Gasteiger partial charge in [-0.1, -0.05) is 64.7 Å². The van der Waals surface area contributed by atoms with Gasteiger partial charge in [0, 0.05) is 12.1 Å². The molecule has 2 nitrogen and oxygen atoms in total. The number of benzene rings is 1. The van der Waals surface area contributed by atoms with Crippen LogP contribution < -0.4 is 5.32 Å². The molecule has 1 aliphatic carbocycles. The molecule has 110 valence electrons. The molecule has 2 heteroatoms. The molecule has 1 aliphatic rings. The fourth-order valence-corrected chi connectivity index (χ4v) is 3.09. The summed E-state index contributed by atoms with van der Waals surface area (Å²) in [6.45, 7) is 6.53. The van der Waals surface area contributed by atoms with Crippen LogP contribution in [0.25, 0.3) is 0 Å². The van der Waals surface area contributed by atoms with E-state index in [1.165, 1.54) is 31.2 Å². The minimum absolute atomic E-state index is 0.0509. The highest BCUT2D eigenvalue weighted by Crippen LogP contribution is 2.30. The van der Waals surface area contributed by atoms with Crippen LogP contribution in [0.5, 0.6) is 0 Å². The lowest BCUT2D eigenvalue weighted by Gasteiger charge is -2.23. The molecule has 0 aliphatic heterocycles. The Bertz CT molecular complexity index is 453. The van der Waals surface area contributed by atoms with Crippen molar-refractivity contribution in [3.05, 3.63) is 29.8 Å². The van der Waals surface area contributed by atoms with Crippen molar-refractivity contribution in [2.24, 2.45) is 5.92 Å². The summed E-state index contributed by atoms with van der Waals surface area (Å²) in [5.41, 5.74) is 2.22. The van der Waals surface area contributed by atoms with Gasteiger partial charge in [0.05, 0.1) is 0 Å². The summed E-state index contributed by atoms with van der Waals surface area (Å²) in [6.07, 6.45) is 7.02. The maximum absolute atomic E-state index is 12.1. The van der Waals surface area contributed by atoms with Crippen LogP contribution >= 0.6 is 0 Å². The normalized spacial score (nSPS) is 16.4. The lowest BCUT2D eigenvalue weighted by molar-refractivity contribution is -0.116. The quantitative estimate of drug-likeness (QED) is 0.831. The van der Waals surface area contributed by atoms with Crippen LogP contribution in [0.3, 0.4) is 0 Å². The molecule has 0 heterocycles. The Labute approximate surface area is 123 Å². The van der Waals surface area contributed by atoms with Crippen molar-refractivity contribution in [1.82, 2.24) is 0 Å². The molecule has 0 bridgehead atoms. The van der Waals surface area contributed by atoms with Crippen LogP contribution in [0.1, 0.15) is 64.9 Å². The van der Waals surface area contributed by atoms with E-state index in [4.69, 9.17) is 0 Å². The number of anilines is 1. The van der Waals surface area contributed by atoms with Crippen molar-refractivity contribution in [3.63, 3.8) is 0 Å². The zero-order chi connectivity index (χ0) is 14.6. The second-order valence-corrected chi connectivity index (χ2v) is 7.03. The Kier molecular flexibility index (Phi) is 4.85. The summed E-state index contributed by atoms with van der Waals surface area (Å²) >= 11 is 0. The first-order valence-corrected chi connectivity index (χ1v) is 7.86. The van der Waals surface area contributed by atoms with Gasteiger partial charge in [-0.05, 0) is 29.4 Å². The molecule has 0 spiro atoms. The first-order valence-electron chi connectivity index (χ1n) is 7.86. The maximum atomic E-state index is 12.1. The van der Waals surface area contributed by atoms with Gasteiger partial charge in [-0.25, -0.2) is 0 Å². The minimum Gasteiger partial charge on any atom is -0.326 e. The lowest BCUT2D eigenvalue weighted by atomic mass is 9.86. The van der Waals surface area contributed by atoms with Crippen molar-refractivity contribution in [1.29, 1.82) is 0 Å². The van der Waals surface area contributed by atoms with Crippen LogP contribution in [0.2, 0.25) is 0 Å². The SMILES string of the molecule is CC(C)(C)c1ccccc1NC(=O)CCC1CCCC1. The lowest BCUT2D eigenvalue weighted by Crippen LogP contribution is -2.18. The molecule has 1 aromatic carbocycles. The zero-order valence-corrected chi connectivity index (χ0v) is 13.0. The molecule has 20 heavy (non-hydrogen) atoms. The van der Waals surface area contributed by atoms with Crippen LogP contribution in [0.15, 0.2) is 24.3 Å². The highest BCUT2D eigenvalue weighted by atomic mass is 16.1. The van der Waals surface area contributed by atoms with E-state index in [0.29, 0.717) is 6.42 Å². The Balaban J connectivity index is 1.93. The fourth-order valence-electron chi connectivity index (χ4n) is 3.09. The van der Waals surface area contributed by atoms with Crippen LogP contribution in [0.4, 0.5) is 5.69 Å². The molecule has 1 N–H and O–H groups in total. The van der Waals surface area contributed by atoms with Crippen LogP contribution in [-0.4, -0.2) is 5.91 Å². The van der Waals surface area contributed by atoms with Gasteiger partial charge in [0.1, 0.15) is 0 Å². The van der Waals surface area contributed by atoms with E-state index in [0.717, 1.165) is 18.0 Å². The summed E-state index contributed by atoms with van der Waals surface area (Å²) in [7, 11) is 0. The molecule has 1 fully saturated rings. The number of hydrogen-bond acceptors (Lipinski definition) is 1. The molecular formula is C18H27NO. The van der Waals surface area contributed by atoms with Crippen LogP contribution in [-0.2, 0) is 10.2 Å². The second-order valence-electron chi connectivity index (χ2n) is 7.03. The number of para-hydroxylation sites is 1. The van der Waals surface area contributed by atoms with E-state index in [1.54, 1.807) is 0 Å². The Morgan fingerprint density at radius 3 is 2.50 bits per heavy atom. The number of rotatable bonds is 4. The van der Waals surface area contributed by atoms with E-state index in [1.807, 2.05) is 18.2 Å². The predicted octanol–water partition coefficient (Wildman–Crippen LogP) is 4.89. The molecule has 1 saturated carbocycles. The van der Waals surface area contributed by atoms with Gasteiger partial charge in [-0.2, -0.15) is 0 Å². The van der Waals surface area contributed by atoms with Gasteiger partial charge >= 0.3 is 0 Å². The van der Waals surface area contributed by atoms with E-state index in [-0.39, 0.29) is 11.3 Å². The summed E-state index contributed by atoms with van der Waals surface area (Å²) in [6, 6.07) is 8.14. The van der Waals surface area contributed by atoms with Gasteiger partial charge in [0.2, 0.25) is 5.91 Å². The van der Waals surface area contributed by atoms with Crippen molar-refractivity contribution >= 4 is 11.6 Å². The summed E-state index contributed by atoms with van der Waals surface area (Å²) in [4.78, 5) is 12.1. The fraction of sp³-hybridized carbons (Fsp3) is 0.611. The van der Waals surface area contributed by atoms with Gasteiger partial charge in [-0.3, -0.25) is 4.79 Å². The van der Waals surface area contributed by atoms with Crippen LogP contribution in [0, 0.1) is 5.92 Å². The monoisotopic (exact) mass is 273 g/mol. The van der Waals surface area contributed by atoms with Gasteiger partial charge < -0.3 is 5.32 Å². The minimum atomic E-state index is 0.0509. The van der Waals surface area contributed by atoms with E-state index in [2.05, 4.69) is 32.2 Å². The molecule has 0 unspecified atom stereocenters. The Morgan fingerprint density at radius 1 is 1.20 bits per heavy atom. The Hall–Kier alpha value is -1.31. The third kappa shape index (κ3) is 4.09. The zero-order valence-electron chi connectivity index (χ0n) is 13.0. The van der Waals surface area contributed by atoms with Crippen molar-refractivity contribution in [2.45, 2.75) is 64.7 Å². The standard InChI is InChI=1S/C18H27NO/c1-18(2,3)15-10-6-7-11-16(15)19-17(20)13-12-14-8-4-5-9-14/h6-7,10-11,14H,4-5,8-9,12-13H2,1-3H3,(H,19,20). The number of carbonyl (C=O) groups excluding carboxylic acids is 1. The number of amides is 1. The van der Waals surface area contributed by atoms with Crippen molar-refractivity contribution < 1.29 is 4.79 Å². The molecule has 2 rings (SSSR count). The summed E-state index contributed by atoms with van der Waals surface area (Å²) in [5, 5.41) is 3.10. The molecule has 0 aromatic heterocycles. The summed E-state index contributed by atoms with van der Waals surface area (Å²) in [5.74, 6) is 0.937. The molecule has 0 atom stereocenters. The van der Waals surface area contributed by atoms with E-state index >= 15 is 0 Å². The second kappa shape index (κ2) is 6.43. The van der Waals surface area contributed by atoms with Gasteiger partial charge in [0.25, 0.3) is 0 Å². The first-order chi connectivity index (χ1) is 9.47. The highest BCUT2D eigenvalue weighted by molar-refractivity contribution is 5.91. The molecule has 0 saturated heterocycles. The smallest absolute Gasteiger partial charge is 0.224 e. The average Bonchev–Trinajstić information content (AvgIpc) is 2.89. The van der Waals surface area contributed by atoms with Gasteiger partial charge in [-0.15, -0.1) is 0 Å². The summed E-state index contributed by atoms with van der Waals surface area (Å²) < 4.78 is 0. The van der Waals surface area contributed by atoms with Gasteiger partial charge in [0.15, 0.2) is 0 Å². The Morgan fingerprint density at radius 2 is 1.85 bits per heavy atom. The molecule has 1 amide bonds. The predicted molar refractivity (Wildman–Crippen MR) is 85.0 cm³/mol. The number of carbonyl (C=O) groups is 1. The molecular weight excluding hydrogens is 246 g/mol. The van der Waals surface area contributed by atoms with E-state index in [9.17, 15) is 4.79 Å². The maximum Gasteiger partial charge on any atom is 0.224 e. The highest BCUT2D eigenvalue weighted by Gasteiger charge is 2.19. The third-order valence-corrected chi connectivity index (χ3v) is 4.26. The van der Waals surface area contributed by atoms with E-state index < -0.39 is 0 Å². The van der Waals surface area contributed by atoms with Crippen molar-refractivity contribution in [2.75, 3.05) is 5.32 Å². The van der Waals surface area contributed by atoms with Crippen molar-refractivity contribution in [3.8, 4) is 0 Å².